The number of benzene rings is 1. The van der Waals surface area contributed by atoms with Gasteiger partial charge in [-0.05, 0) is 18.1 Å². The van der Waals surface area contributed by atoms with Gasteiger partial charge in [0.2, 0.25) is 0 Å². The summed E-state index contributed by atoms with van der Waals surface area (Å²) in [5, 5.41) is 3.24. The number of nitrogens with one attached hydrogen (secondary N) is 1. The summed E-state index contributed by atoms with van der Waals surface area (Å²) in [6, 6.07) is 7.06. The van der Waals surface area contributed by atoms with Crippen LogP contribution in [0.15, 0.2) is 29.2 Å². The zero-order valence-corrected chi connectivity index (χ0v) is 11.5. The largest absolute Gasteiger partial charge is 0.384 e. The van der Waals surface area contributed by atoms with Gasteiger partial charge in [0.1, 0.15) is 0 Å². The molecule has 0 heterocycles. The van der Waals surface area contributed by atoms with Crippen molar-refractivity contribution in [1.29, 1.82) is 0 Å². The van der Waals surface area contributed by atoms with Gasteiger partial charge in [0, 0.05) is 12.8 Å². The lowest BCUT2D eigenvalue weighted by Gasteiger charge is -2.16. The highest BCUT2D eigenvalue weighted by Crippen LogP contribution is 2.21. The minimum atomic E-state index is -3.16. The Bertz CT molecular complexity index is 450. The Balaban J connectivity index is 2.85. The van der Waals surface area contributed by atoms with Crippen LogP contribution < -0.4 is 5.32 Å². The molecule has 3 nitrogen and oxygen atoms in total. The molecule has 0 radical (unpaired) electrons. The van der Waals surface area contributed by atoms with Gasteiger partial charge in [-0.2, -0.15) is 0 Å². The molecule has 0 fully saturated rings. The summed E-state index contributed by atoms with van der Waals surface area (Å²) < 4.78 is 23.2. The zero-order chi connectivity index (χ0) is 12.9. The number of rotatable bonds is 6. The van der Waals surface area contributed by atoms with Crippen molar-refractivity contribution in [1.82, 2.24) is 0 Å². The normalized spacial score (nSPS) is 11.8. The molecule has 0 atom stereocenters. The van der Waals surface area contributed by atoms with Gasteiger partial charge in [-0.25, -0.2) is 8.42 Å². The lowest BCUT2D eigenvalue weighted by Crippen LogP contribution is -2.14. The second kappa shape index (κ2) is 6.05. The Labute approximate surface area is 104 Å². The maximum Gasteiger partial charge on any atom is 0.177 e. The van der Waals surface area contributed by atoms with Crippen LogP contribution in [0.3, 0.4) is 0 Å². The van der Waals surface area contributed by atoms with E-state index < -0.39 is 9.84 Å². The molecule has 1 aromatic carbocycles. The molecular formula is C13H21NO2S. The number of anilines is 1. The number of hydrogen-bond acceptors (Lipinski definition) is 3. The SMILES string of the molecule is CCC(CC)CNc1ccccc1S(C)(=O)=O. The van der Waals surface area contributed by atoms with Gasteiger partial charge in [0.05, 0.1) is 10.6 Å². The quantitative estimate of drug-likeness (QED) is 0.850. The fraction of sp³-hybridized carbons (Fsp3) is 0.538. The van der Waals surface area contributed by atoms with E-state index in [4.69, 9.17) is 0 Å². The van der Waals surface area contributed by atoms with Crippen LogP contribution in [0.5, 0.6) is 0 Å². The Hall–Kier alpha value is -1.03. The molecule has 0 spiro atoms. The van der Waals surface area contributed by atoms with Crippen LogP contribution in [-0.4, -0.2) is 21.2 Å². The molecule has 96 valence electrons. The number of sulfone groups is 1. The second-order valence-corrected chi connectivity index (χ2v) is 6.32. The van der Waals surface area contributed by atoms with E-state index >= 15 is 0 Å². The van der Waals surface area contributed by atoms with Gasteiger partial charge in [0.15, 0.2) is 9.84 Å². The predicted molar refractivity (Wildman–Crippen MR) is 72.1 cm³/mol. The van der Waals surface area contributed by atoms with Crippen LogP contribution >= 0.6 is 0 Å². The highest BCUT2D eigenvalue weighted by Gasteiger charge is 2.12. The van der Waals surface area contributed by atoms with Crippen molar-refractivity contribution >= 4 is 15.5 Å². The monoisotopic (exact) mass is 255 g/mol. The highest BCUT2D eigenvalue weighted by atomic mass is 32.2. The lowest BCUT2D eigenvalue weighted by atomic mass is 10.0. The molecule has 4 heteroatoms. The van der Waals surface area contributed by atoms with Crippen LogP contribution in [0.1, 0.15) is 26.7 Å². The molecule has 1 aromatic rings. The van der Waals surface area contributed by atoms with Crippen molar-refractivity contribution in [3.63, 3.8) is 0 Å². The average Bonchev–Trinajstić information content (AvgIpc) is 2.29. The first-order valence-corrected chi connectivity index (χ1v) is 7.91. The predicted octanol–water partition coefficient (Wildman–Crippen LogP) is 2.94. The molecule has 0 bridgehead atoms. The van der Waals surface area contributed by atoms with E-state index in [1.54, 1.807) is 12.1 Å². The molecule has 0 saturated carbocycles. The van der Waals surface area contributed by atoms with Crippen LogP contribution in [-0.2, 0) is 9.84 Å². The summed E-state index contributed by atoms with van der Waals surface area (Å²) in [6.45, 7) is 5.12. The molecule has 1 rings (SSSR count). The highest BCUT2D eigenvalue weighted by molar-refractivity contribution is 7.90. The topological polar surface area (TPSA) is 46.2 Å². The van der Waals surface area contributed by atoms with Crippen molar-refractivity contribution in [3.05, 3.63) is 24.3 Å². The third kappa shape index (κ3) is 4.04. The van der Waals surface area contributed by atoms with Crippen LogP contribution in [0.2, 0.25) is 0 Å². The zero-order valence-electron chi connectivity index (χ0n) is 10.7. The second-order valence-electron chi connectivity index (χ2n) is 4.33. The molecule has 0 unspecified atom stereocenters. The van der Waals surface area contributed by atoms with Crippen molar-refractivity contribution in [2.24, 2.45) is 5.92 Å². The smallest absolute Gasteiger partial charge is 0.177 e. The van der Waals surface area contributed by atoms with Crippen molar-refractivity contribution < 1.29 is 8.42 Å². The first-order chi connectivity index (χ1) is 7.99. The van der Waals surface area contributed by atoms with Crippen LogP contribution in [0, 0.1) is 5.92 Å². The molecular weight excluding hydrogens is 234 g/mol. The van der Waals surface area contributed by atoms with Crippen molar-refractivity contribution in [2.75, 3.05) is 18.1 Å². The first-order valence-electron chi connectivity index (χ1n) is 6.02. The Morgan fingerprint density at radius 3 is 2.29 bits per heavy atom. The van der Waals surface area contributed by atoms with Crippen molar-refractivity contribution in [2.45, 2.75) is 31.6 Å². The minimum Gasteiger partial charge on any atom is -0.384 e. The van der Waals surface area contributed by atoms with E-state index in [1.165, 1.54) is 6.26 Å². The maximum absolute atomic E-state index is 11.6. The number of para-hydroxylation sites is 1. The molecule has 1 N–H and O–H groups in total. The van der Waals surface area contributed by atoms with E-state index in [-0.39, 0.29) is 0 Å². The fourth-order valence-corrected chi connectivity index (χ4v) is 2.63. The number of hydrogen-bond donors (Lipinski definition) is 1. The van der Waals surface area contributed by atoms with E-state index in [2.05, 4.69) is 19.2 Å². The molecule has 0 amide bonds. The summed E-state index contributed by atoms with van der Waals surface area (Å²) in [5.74, 6) is 0.586. The standard InChI is InChI=1S/C13H21NO2S/c1-4-11(5-2)10-14-12-8-6-7-9-13(12)17(3,15)16/h6-9,11,14H,4-5,10H2,1-3H3. The first kappa shape index (κ1) is 14.0. The van der Waals surface area contributed by atoms with E-state index in [9.17, 15) is 8.42 Å². The lowest BCUT2D eigenvalue weighted by molar-refractivity contribution is 0.518. The third-order valence-electron chi connectivity index (χ3n) is 3.02. The molecule has 0 aliphatic heterocycles. The summed E-state index contributed by atoms with van der Waals surface area (Å²) in [4.78, 5) is 0.381. The average molecular weight is 255 g/mol. The molecule has 17 heavy (non-hydrogen) atoms. The third-order valence-corrected chi connectivity index (χ3v) is 4.18. The van der Waals surface area contributed by atoms with E-state index in [1.807, 2.05) is 12.1 Å². The molecule has 0 saturated heterocycles. The molecule has 0 aliphatic carbocycles. The van der Waals surface area contributed by atoms with Gasteiger partial charge in [0.25, 0.3) is 0 Å². The summed E-state index contributed by atoms with van der Waals surface area (Å²) >= 11 is 0. The fourth-order valence-electron chi connectivity index (χ4n) is 1.77. The van der Waals surface area contributed by atoms with Gasteiger partial charge >= 0.3 is 0 Å². The van der Waals surface area contributed by atoms with Gasteiger partial charge in [-0.15, -0.1) is 0 Å². The van der Waals surface area contributed by atoms with Crippen LogP contribution in [0.4, 0.5) is 5.69 Å². The van der Waals surface area contributed by atoms with Gasteiger partial charge < -0.3 is 5.32 Å². The Morgan fingerprint density at radius 1 is 1.18 bits per heavy atom. The maximum atomic E-state index is 11.6. The summed E-state index contributed by atoms with van der Waals surface area (Å²) in [7, 11) is -3.16. The van der Waals surface area contributed by atoms with E-state index in [0.29, 0.717) is 16.5 Å². The van der Waals surface area contributed by atoms with Crippen molar-refractivity contribution in [3.8, 4) is 0 Å². The van der Waals surface area contributed by atoms with Crippen LogP contribution in [0.25, 0.3) is 0 Å². The summed E-state index contributed by atoms with van der Waals surface area (Å²) in [5.41, 5.74) is 0.710. The Morgan fingerprint density at radius 2 is 1.76 bits per heavy atom. The molecule has 0 aliphatic rings. The Kier molecular flexibility index (Phi) is 5.00. The summed E-state index contributed by atoms with van der Waals surface area (Å²) in [6.07, 6.45) is 3.44. The minimum absolute atomic E-state index is 0.381. The van der Waals surface area contributed by atoms with Gasteiger partial charge in [-0.1, -0.05) is 38.8 Å². The molecule has 0 aromatic heterocycles. The van der Waals surface area contributed by atoms with Gasteiger partial charge in [-0.3, -0.25) is 0 Å². The van der Waals surface area contributed by atoms with E-state index in [0.717, 1.165) is 19.4 Å².